The third-order valence-electron chi connectivity index (χ3n) is 3.04. The van der Waals surface area contributed by atoms with Gasteiger partial charge in [0.2, 0.25) is 0 Å². The van der Waals surface area contributed by atoms with Gasteiger partial charge in [0.15, 0.2) is 0 Å². The zero-order valence-corrected chi connectivity index (χ0v) is 12.6. The molecule has 114 valence electrons. The number of carbonyl (C=O) groups excluding carboxylic acids is 1. The first-order valence-corrected chi connectivity index (χ1v) is 6.83. The number of ether oxygens (including phenoxy) is 1. The number of rotatable bonds is 4. The van der Waals surface area contributed by atoms with Crippen molar-refractivity contribution < 1.29 is 9.53 Å². The number of anilines is 2. The summed E-state index contributed by atoms with van der Waals surface area (Å²) in [4.78, 5) is 11.8. The molecular weight excluding hydrogens is 278 g/mol. The van der Waals surface area contributed by atoms with Crippen LogP contribution in [0.1, 0.15) is 11.1 Å². The Labute approximate surface area is 129 Å². The maximum Gasteiger partial charge on any atom is 0.323 e. The van der Waals surface area contributed by atoms with E-state index >= 15 is 0 Å². The number of benzene rings is 2. The lowest BCUT2D eigenvalue weighted by molar-refractivity contribution is 0.255. The molecule has 0 spiro atoms. The highest BCUT2D eigenvalue weighted by molar-refractivity contribution is 5.93. The van der Waals surface area contributed by atoms with Gasteiger partial charge in [-0.15, -0.1) is 0 Å². The second-order valence-electron chi connectivity index (χ2n) is 4.80. The van der Waals surface area contributed by atoms with Crippen molar-refractivity contribution in [2.75, 3.05) is 18.2 Å². The van der Waals surface area contributed by atoms with Gasteiger partial charge in [-0.3, -0.25) is 0 Å². The Morgan fingerprint density at radius 1 is 1.23 bits per heavy atom. The van der Waals surface area contributed by atoms with Crippen LogP contribution in [0.25, 0.3) is 6.08 Å². The van der Waals surface area contributed by atoms with E-state index in [1.165, 1.54) is 0 Å². The maximum atomic E-state index is 11.8. The van der Waals surface area contributed by atoms with Crippen molar-refractivity contribution in [2.24, 2.45) is 0 Å². The predicted molar refractivity (Wildman–Crippen MR) is 89.8 cm³/mol. The second-order valence-corrected chi connectivity index (χ2v) is 4.80. The van der Waals surface area contributed by atoms with Crippen LogP contribution in [0.2, 0.25) is 0 Å². The highest BCUT2D eigenvalue weighted by Crippen LogP contribution is 2.19. The Hall–Kier alpha value is -2.95. The van der Waals surface area contributed by atoms with Gasteiger partial charge in [0, 0.05) is 6.20 Å². The lowest BCUT2D eigenvalue weighted by atomic mass is 10.2. The van der Waals surface area contributed by atoms with E-state index in [0.29, 0.717) is 11.4 Å². The molecule has 0 unspecified atom stereocenters. The van der Waals surface area contributed by atoms with Gasteiger partial charge in [-0.05, 0) is 48.4 Å². The minimum Gasteiger partial charge on any atom is -0.497 e. The first-order chi connectivity index (χ1) is 10.6. The Balaban J connectivity index is 1.93. The van der Waals surface area contributed by atoms with Crippen LogP contribution in [-0.4, -0.2) is 13.1 Å². The molecule has 0 saturated carbocycles. The van der Waals surface area contributed by atoms with Gasteiger partial charge in [-0.2, -0.15) is 0 Å². The molecule has 0 bridgehead atoms. The molecule has 0 atom stereocenters. The number of nitrogens with two attached hydrogens (primary N) is 1. The van der Waals surface area contributed by atoms with E-state index < -0.39 is 0 Å². The topological polar surface area (TPSA) is 76.4 Å². The Morgan fingerprint density at radius 2 is 2.05 bits per heavy atom. The van der Waals surface area contributed by atoms with Crippen LogP contribution < -0.4 is 21.1 Å². The molecule has 0 radical (unpaired) electrons. The van der Waals surface area contributed by atoms with E-state index in [0.717, 1.165) is 16.9 Å². The SMILES string of the molecule is COc1cccc(/C=C/NC(=O)Nc2ccc(C)cc2N)c1. The number of aryl methyl sites for hydroxylation is 1. The van der Waals surface area contributed by atoms with Crippen molar-refractivity contribution in [1.29, 1.82) is 0 Å². The zero-order valence-electron chi connectivity index (χ0n) is 12.6. The van der Waals surface area contributed by atoms with Crippen LogP contribution in [0.15, 0.2) is 48.7 Å². The summed E-state index contributed by atoms with van der Waals surface area (Å²) < 4.78 is 5.14. The molecule has 0 aliphatic carbocycles. The van der Waals surface area contributed by atoms with E-state index in [9.17, 15) is 4.79 Å². The van der Waals surface area contributed by atoms with Crippen LogP contribution in [-0.2, 0) is 0 Å². The third kappa shape index (κ3) is 4.28. The van der Waals surface area contributed by atoms with Crippen molar-refractivity contribution in [3.05, 3.63) is 59.8 Å². The van der Waals surface area contributed by atoms with Gasteiger partial charge in [-0.1, -0.05) is 18.2 Å². The van der Waals surface area contributed by atoms with Gasteiger partial charge < -0.3 is 21.1 Å². The highest BCUT2D eigenvalue weighted by atomic mass is 16.5. The fourth-order valence-electron chi connectivity index (χ4n) is 1.91. The summed E-state index contributed by atoms with van der Waals surface area (Å²) in [6, 6.07) is 12.6. The van der Waals surface area contributed by atoms with Crippen LogP contribution in [0.3, 0.4) is 0 Å². The monoisotopic (exact) mass is 297 g/mol. The van der Waals surface area contributed by atoms with Gasteiger partial charge in [0.1, 0.15) is 5.75 Å². The first-order valence-electron chi connectivity index (χ1n) is 6.83. The summed E-state index contributed by atoms with van der Waals surface area (Å²) >= 11 is 0. The highest BCUT2D eigenvalue weighted by Gasteiger charge is 2.03. The van der Waals surface area contributed by atoms with Gasteiger partial charge in [0.25, 0.3) is 0 Å². The summed E-state index contributed by atoms with van der Waals surface area (Å²) in [5, 5.41) is 5.33. The minimum absolute atomic E-state index is 0.352. The van der Waals surface area contributed by atoms with Crippen molar-refractivity contribution in [3.63, 3.8) is 0 Å². The summed E-state index contributed by atoms with van der Waals surface area (Å²) in [7, 11) is 1.61. The van der Waals surface area contributed by atoms with Crippen molar-refractivity contribution in [1.82, 2.24) is 5.32 Å². The average Bonchev–Trinajstić information content (AvgIpc) is 2.50. The third-order valence-corrected chi connectivity index (χ3v) is 3.04. The largest absolute Gasteiger partial charge is 0.497 e. The Morgan fingerprint density at radius 3 is 2.77 bits per heavy atom. The van der Waals surface area contributed by atoms with Crippen LogP contribution in [0, 0.1) is 6.92 Å². The van der Waals surface area contributed by atoms with Crippen LogP contribution in [0.5, 0.6) is 5.75 Å². The number of carbonyl (C=O) groups is 1. The summed E-state index contributed by atoms with van der Waals surface area (Å²) in [5.74, 6) is 0.763. The van der Waals surface area contributed by atoms with Crippen molar-refractivity contribution >= 4 is 23.5 Å². The fraction of sp³-hybridized carbons (Fsp3) is 0.118. The molecule has 0 fully saturated rings. The lowest BCUT2D eigenvalue weighted by Gasteiger charge is -2.08. The number of urea groups is 1. The molecule has 5 nitrogen and oxygen atoms in total. The quantitative estimate of drug-likeness (QED) is 0.757. The van der Waals surface area contributed by atoms with Crippen LogP contribution >= 0.6 is 0 Å². The molecule has 2 rings (SSSR count). The molecule has 2 amide bonds. The Bertz CT molecular complexity index is 696. The molecule has 5 heteroatoms. The molecule has 0 aliphatic rings. The number of methoxy groups -OCH3 is 1. The van der Waals surface area contributed by atoms with E-state index in [-0.39, 0.29) is 6.03 Å². The fourth-order valence-corrected chi connectivity index (χ4v) is 1.91. The van der Waals surface area contributed by atoms with Crippen molar-refractivity contribution in [3.8, 4) is 5.75 Å². The second kappa shape index (κ2) is 7.17. The molecule has 22 heavy (non-hydrogen) atoms. The Kier molecular flexibility index (Phi) is 5.03. The van der Waals surface area contributed by atoms with E-state index in [1.54, 1.807) is 25.5 Å². The molecule has 0 saturated heterocycles. The van der Waals surface area contributed by atoms with E-state index in [4.69, 9.17) is 10.5 Å². The summed E-state index contributed by atoms with van der Waals surface area (Å²) in [5.41, 5.74) is 8.93. The van der Waals surface area contributed by atoms with Crippen molar-refractivity contribution in [2.45, 2.75) is 6.92 Å². The number of nitrogens with one attached hydrogen (secondary N) is 2. The minimum atomic E-state index is -0.352. The molecule has 0 heterocycles. The summed E-state index contributed by atoms with van der Waals surface area (Å²) in [6.07, 6.45) is 3.34. The normalized spacial score (nSPS) is 10.5. The van der Waals surface area contributed by atoms with Gasteiger partial charge in [0.05, 0.1) is 18.5 Å². The van der Waals surface area contributed by atoms with Crippen LogP contribution in [0.4, 0.5) is 16.2 Å². The molecular formula is C17H19N3O2. The molecule has 0 aliphatic heterocycles. The van der Waals surface area contributed by atoms with E-state index in [1.807, 2.05) is 43.3 Å². The summed E-state index contributed by atoms with van der Waals surface area (Å²) in [6.45, 7) is 1.94. The molecule has 2 aromatic rings. The lowest BCUT2D eigenvalue weighted by Crippen LogP contribution is -2.24. The average molecular weight is 297 g/mol. The molecule has 0 aromatic heterocycles. The molecule has 2 aromatic carbocycles. The maximum absolute atomic E-state index is 11.8. The smallest absolute Gasteiger partial charge is 0.323 e. The van der Waals surface area contributed by atoms with Gasteiger partial charge >= 0.3 is 6.03 Å². The standard InChI is InChI=1S/C17H19N3O2/c1-12-6-7-16(15(18)10-12)20-17(21)19-9-8-13-4-3-5-14(11-13)22-2/h3-11H,18H2,1-2H3,(H2,19,20,21)/b9-8+. The number of hydrogen-bond donors (Lipinski definition) is 3. The number of nitrogen functional groups attached to an aromatic ring is 1. The number of hydrogen-bond acceptors (Lipinski definition) is 3. The van der Waals surface area contributed by atoms with E-state index in [2.05, 4.69) is 10.6 Å². The first kappa shape index (κ1) is 15.4. The molecule has 4 N–H and O–H groups in total. The van der Waals surface area contributed by atoms with Gasteiger partial charge in [-0.25, -0.2) is 4.79 Å². The predicted octanol–water partition coefficient (Wildman–Crippen LogP) is 3.38. The zero-order chi connectivity index (χ0) is 15.9. The number of amides is 2.